The summed E-state index contributed by atoms with van der Waals surface area (Å²) in [4.78, 5) is 14.0. The van der Waals surface area contributed by atoms with E-state index in [1.165, 1.54) is 6.07 Å². The van der Waals surface area contributed by atoms with Gasteiger partial charge in [0, 0.05) is 18.5 Å². The molecular formula is C19H20N4O4S2. The molecule has 8 nitrogen and oxygen atoms in total. The second-order valence-corrected chi connectivity index (χ2v) is 9.81. The van der Waals surface area contributed by atoms with Crippen molar-refractivity contribution in [2.24, 2.45) is 0 Å². The molecule has 29 heavy (non-hydrogen) atoms. The van der Waals surface area contributed by atoms with Gasteiger partial charge in [-0.1, -0.05) is 17.7 Å². The van der Waals surface area contributed by atoms with Crippen molar-refractivity contribution in [2.75, 3.05) is 17.8 Å². The van der Waals surface area contributed by atoms with Crippen molar-refractivity contribution in [2.45, 2.75) is 30.9 Å². The van der Waals surface area contributed by atoms with Crippen LogP contribution >= 0.6 is 11.3 Å². The molecule has 0 aliphatic carbocycles. The Labute approximate surface area is 172 Å². The van der Waals surface area contributed by atoms with E-state index in [1.807, 2.05) is 26.0 Å². The highest BCUT2D eigenvalue weighted by Crippen LogP contribution is 2.30. The number of hydrogen-bond donors (Lipinski definition) is 1. The van der Waals surface area contributed by atoms with Crippen LogP contribution < -0.4 is 4.72 Å². The lowest BCUT2D eigenvalue weighted by molar-refractivity contribution is 0.0754. The highest BCUT2D eigenvalue weighted by Gasteiger charge is 2.26. The molecule has 152 valence electrons. The molecule has 0 atom stereocenters. The van der Waals surface area contributed by atoms with Crippen molar-refractivity contribution in [3.63, 3.8) is 0 Å². The van der Waals surface area contributed by atoms with Crippen LogP contribution in [0.5, 0.6) is 0 Å². The molecule has 1 fully saturated rings. The number of likely N-dealkylation sites (tertiary alicyclic amines) is 1. The fourth-order valence-electron chi connectivity index (χ4n) is 3.17. The molecule has 1 amide bonds. The number of carbonyl (C=O) groups is 1. The molecule has 0 spiro atoms. The molecule has 1 aromatic carbocycles. The number of carbonyl (C=O) groups excluding carboxylic acids is 1. The van der Waals surface area contributed by atoms with Gasteiger partial charge in [-0.25, -0.2) is 8.42 Å². The number of benzene rings is 1. The van der Waals surface area contributed by atoms with Gasteiger partial charge in [0.2, 0.25) is 5.89 Å². The Morgan fingerprint density at radius 3 is 2.66 bits per heavy atom. The number of hydrogen-bond acceptors (Lipinski definition) is 7. The maximum atomic E-state index is 12.7. The molecule has 1 saturated heterocycles. The molecule has 0 radical (unpaired) electrons. The maximum absolute atomic E-state index is 12.7. The van der Waals surface area contributed by atoms with E-state index in [4.69, 9.17) is 4.42 Å². The van der Waals surface area contributed by atoms with Crippen LogP contribution in [0, 0.1) is 13.8 Å². The highest BCUT2D eigenvalue weighted by atomic mass is 32.2. The van der Waals surface area contributed by atoms with Crippen LogP contribution in [-0.2, 0) is 10.0 Å². The predicted molar refractivity (Wildman–Crippen MR) is 109 cm³/mol. The molecule has 1 N–H and O–H groups in total. The minimum atomic E-state index is -3.75. The van der Waals surface area contributed by atoms with Crippen molar-refractivity contribution >= 4 is 33.0 Å². The van der Waals surface area contributed by atoms with Crippen LogP contribution in [0.4, 0.5) is 5.69 Å². The zero-order valence-corrected chi connectivity index (χ0v) is 17.6. The number of sulfonamides is 1. The Kier molecular flexibility index (Phi) is 5.13. The first kappa shape index (κ1) is 19.6. The molecule has 1 aliphatic rings. The van der Waals surface area contributed by atoms with E-state index in [1.54, 1.807) is 16.3 Å². The largest absolute Gasteiger partial charge is 0.412 e. The number of nitrogens with one attached hydrogen (secondary N) is 1. The van der Waals surface area contributed by atoms with E-state index >= 15 is 0 Å². The van der Waals surface area contributed by atoms with Crippen LogP contribution in [-0.4, -0.2) is 42.5 Å². The molecular weight excluding hydrogens is 412 g/mol. The monoisotopic (exact) mass is 432 g/mol. The summed E-state index contributed by atoms with van der Waals surface area (Å²) in [7, 11) is -3.75. The van der Waals surface area contributed by atoms with E-state index < -0.39 is 10.0 Å². The van der Waals surface area contributed by atoms with Crippen LogP contribution in [0.25, 0.3) is 11.5 Å². The summed E-state index contributed by atoms with van der Waals surface area (Å²) in [6.07, 6.45) is 1.93. The summed E-state index contributed by atoms with van der Waals surface area (Å²) in [6.45, 7) is 5.16. The molecule has 10 heteroatoms. The van der Waals surface area contributed by atoms with E-state index in [2.05, 4.69) is 14.9 Å². The normalized spacial score (nSPS) is 14.3. The first-order valence-electron chi connectivity index (χ1n) is 9.15. The third-order valence-electron chi connectivity index (χ3n) is 4.71. The van der Waals surface area contributed by atoms with Gasteiger partial charge in [-0.05, 0) is 44.4 Å². The number of rotatable bonds is 5. The van der Waals surface area contributed by atoms with Crippen LogP contribution in [0.1, 0.15) is 34.7 Å². The molecule has 0 saturated carbocycles. The Balaban J connectivity index is 1.54. The number of aromatic nitrogens is 2. The average molecular weight is 433 g/mol. The minimum Gasteiger partial charge on any atom is -0.412 e. The van der Waals surface area contributed by atoms with Crippen molar-refractivity contribution in [1.29, 1.82) is 0 Å². The molecule has 0 unspecified atom stereocenters. The summed E-state index contributed by atoms with van der Waals surface area (Å²) in [6, 6.07) is 6.97. The smallest absolute Gasteiger partial charge is 0.311 e. The van der Waals surface area contributed by atoms with Gasteiger partial charge in [-0.2, -0.15) is 0 Å². The van der Waals surface area contributed by atoms with Gasteiger partial charge in [0.15, 0.2) is 0 Å². The van der Waals surface area contributed by atoms with E-state index in [0.717, 1.165) is 35.3 Å². The lowest BCUT2D eigenvalue weighted by Crippen LogP contribution is -2.27. The average Bonchev–Trinajstić information content (AvgIpc) is 3.44. The van der Waals surface area contributed by atoms with Gasteiger partial charge < -0.3 is 9.32 Å². The van der Waals surface area contributed by atoms with Crippen molar-refractivity contribution in [3.8, 4) is 11.5 Å². The van der Waals surface area contributed by atoms with Gasteiger partial charge in [0.1, 0.15) is 4.21 Å². The van der Waals surface area contributed by atoms with Gasteiger partial charge in [0.05, 0.1) is 11.3 Å². The summed E-state index contributed by atoms with van der Waals surface area (Å²) in [5.41, 5.74) is 2.89. The van der Waals surface area contributed by atoms with Crippen LogP contribution in [0.2, 0.25) is 0 Å². The van der Waals surface area contributed by atoms with Crippen molar-refractivity contribution < 1.29 is 17.6 Å². The minimum absolute atomic E-state index is 0.0779. The van der Waals surface area contributed by atoms with Gasteiger partial charge in [-0.3, -0.25) is 9.52 Å². The van der Waals surface area contributed by atoms with Gasteiger partial charge >= 0.3 is 11.8 Å². The van der Waals surface area contributed by atoms with E-state index in [-0.39, 0.29) is 21.9 Å². The third-order valence-corrected chi connectivity index (χ3v) is 7.52. The first-order valence-corrected chi connectivity index (χ1v) is 11.5. The van der Waals surface area contributed by atoms with Gasteiger partial charge in [-0.15, -0.1) is 21.5 Å². The molecule has 2 aromatic heterocycles. The van der Waals surface area contributed by atoms with Crippen molar-refractivity contribution in [3.05, 3.63) is 46.7 Å². The summed E-state index contributed by atoms with van der Waals surface area (Å²) in [5.74, 6) is -0.247. The topological polar surface area (TPSA) is 105 Å². The Hall–Kier alpha value is -2.72. The Bertz CT molecular complexity index is 1160. The zero-order chi connectivity index (χ0) is 20.6. The standard InChI is InChI=1S/C19H20N4O4S2/c1-12-5-6-15(13(2)9-12)22-29(25,26)16-10-14(11-28-16)17-20-21-18(27-17)19(24)23-7-3-4-8-23/h5-6,9-11,22H,3-4,7-8H2,1-2H3. The quantitative estimate of drug-likeness (QED) is 0.662. The van der Waals surface area contributed by atoms with Crippen LogP contribution in [0.3, 0.4) is 0 Å². The Morgan fingerprint density at radius 1 is 1.17 bits per heavy atom. The number of amides is 1. The fraction of sp³-hybridized carbons (Fsp3) is 0.316. The number of anilines is 1. The first-order chi connectivity index (χ1) is 13.8. The molecule has 3 heterocycles. The van der Waals surface area contributed by atoms with E-state index in [0.29, 0.717) is 24.3 Å². The fourth-order valence-corrected chi connectivity index (χ4v) is 5.46. The molecule has 4 rings (SSSR count). The SMILES string of the molecule is Cc1ccc(NS(=O)(=O)c2cc(-c3nnc(C(=O)N4CCCC4)o3)cs2)c(C)c1. The number of thiophene rings is 1. The van der Waals surface area contributed by atoms with E-state index in [9.17, 15) is 13.2 Å². The highest BCUT2D eigenvalue weighted by molar-refractivity contribution is 7.94. The summed E-state index contributed by atoms with van der Waals surface area (Å²) in [5, 5.41) is 9.36. The molecule has 0 bridgehead atoms. The molecule has 3 aromatic rings. The lowest BCUT2D eigenvalue weighted by atomic mass is 10.1. The van der Waals surface area contributed by atoms with Crippen molar-refractivity contribution in [1.82, 2.24) is 15.1 Å². The van der Waals surface area contributed by atoms with Gasteiger partial charge in [0.25, 0.3) is 10.0 Å². The third kappa shape index (κ3) is 4.03. The summed E-state index contributed by atoms with van der Waals surface area (Å²) >= 11 is 1.05. The maximum Gasteiger partial charge on any atom is 0.311 e. The number of nitrogens with zero attached hydrogens (tertiary/aromatic N) is 3. The predicted octanol–water partition coefficient (Wildman–Crippen LogP) is 3.45. The Morgan fingerprint density at radius 2 is 1.93 bits per heavy atom. The second-order valence-electron chi connectivity index (χ2n) is 6.99. The summed E-state index contributed by atoms with van der Waals surface area (Å²) < 4.78 is 33.7. The zero-order valence-electron chi connectivity index (χ0n) is 16.0. The second kappa shape index (κ2) is 7.60. The number of aryl methyl sites for hydroxylation is 2. The molecule has 1 aliphatic heterocycles. The lowest BCUT2D eigenvalue weighted by Gasteiger charge is -2.11. The van der Waals surface area contributed by atoms with Crippen LogP contribution in [0.15, 0.2) is 38.3 Å².